The van der Waals surface area contributed by atoms with Gasteiger partial charge in [0.25, 0.3) is 5.91 Å². The van der Waals surface area contributed by atoms with Crippen molar-refractivity contribution in [2.45, 2.75) is 19.9 Å². The van der Waals surface area contributed by atoms with Crippen LogP contribution in [0.25, 0.3) is 0 Å². The number of methoxy groups -OCH3 is 1. The van der Waals surface area contributed by atoms with Crippen molar-refractivity contribution in [3.05, 3.63) is 29.8 Å². The minimum Gasteiger partial charge on any atom is -0.383 e. The van der Waals surface area contributed by atoms with Gasteiger partial charge in [-0.2, -0.15) is 0 Å². The topological polar surface area (TPSA) is 79.5 Å². The van der Waals surface area contributed by atoms with Gasteiger partial charge in [0.05, 0.1) is 13.2 Å². The Balaban J connectivity index is 2.49. The lowest BCUT2D eigenvalue weighted by atomic mass is 10.2. The van der Waals surface area contributed by atoms with E-state index >= 15 is 0 Å². The number of hydrogen-bond donors (Lipinski definition) is 3. The molecule has 0 saturated carbocycles. The Morgan fingerprint density at radius 2 is 2.05 bits per heavy atom. The van der Waals surface area contributed by atoms with Crippen molar-refractivity contribution < 1.29 is 14.3 Å². The van der Waals surface area contributed by atoms with Crippen molar-refractivity contribution in [2.75, 3.05) is 32.1 Å². The van der Waals surface area contributed by atoms with E-state index in [0.717, 1.165) is 5.69 Å². The van der Waals surface area contributed by atoms with E-state index in [1.54, 1.807) is 25.3 Å². The Labute approximate surface area is 125 Å². The van der Waals surface area contributed by atoms with E-state index in [1.807, 2.05) is 19.9 Å². The first-order chi connectivity index (χ1) is 10.0. The van der Waals surface area contributed by atoms with Gasteiger partial charge in [-0.05, 0) is 32.0 Å². The molecule has 0 bridgehead atoms. The van der Waals surface area contributed by atoms with E-state index in [4.69, 9.17) is 4.74 Å². The maximum atomic E-state index is 11.9. The normalized spacial score (nSPS) is 10.3. The maximum Gasteiger partial charge on any atom is 0.251 e. The highest BCUT2D eigenvalue weighted by atomic mass is 16.5. The zero-order valence-corrected chi connectivity index (χ0v) is 12.7. The first-order valence-electron chi connectivity index (χ1n) is 6.93. The smallest absolute Gasteiger partial charge is 0.251 e. The molecule has 0 saturated heterocycles. The Morgan fingerprint density at radius 1 is 1.29 bits per heavy atom. The van der Waals surface area contributed by atoms with E-state index in [-0.39, 0.29) is 24.4 Å². The van der Waals surface area contributed by atoms with Crippen molar-refractivity contribution >= 4 is 17.5 Å². The number of anilines is 1. The number of rotatable bonds is 8. The first-order valence-corrected chi connectivity index (χ1v) is 6.93. The third-order valence-electron chi connectivity index (χ3n) is 2.63. The summed E-state index contributed by atoms with van der Waals surface area (Å²) in [5.74, 6) is -0.248. The third-order valence-corrected chi connectivity index (χ3v) is 2.63. The molecule has 1 aromatic rings. The van der Waals surface area contributed by atoms with Crippen LogP contribution >= 0.6 is 0 Å². The number of ether oxygens (including phenoxy) is 1. The summed E-state index contributed by atoms with van der Waals surface area (Å²) in [6.45, 7) is 4.93. The molecule has 116 valence electrons. The van der Waals surface area contributed by atoms with Crippen molar-refractivity contribution in [3.63, 3.8) is 0 Å². The molecule has 0 heterocycles. The highest BCUT2D eigenvalue weighted by Crippen LogP contribution is 2.10. The zero-order chi connectivity index (χ0) is 15.7. The Kier molecular flexibility index (Phi) is 7.25. The van der Waals surface area contributed by atoms with Gasteiger partial charge in [-0.3, -0.25) is 9.59 Å². The molecule has 0 unspecified atom stereocenters. The third kappa shape index (κ3) is 6.76. The standard InChI is InChI=1S/C15H23N3O3/c1-11(2)18-15(20)12-5-4-6-13(9-12)17-10-14(19)16-7-8-21-3/h4-6,9,11,17H,7-8,10H2,1-3H3,(H,16,19)(H,18,20). The molecule has 0 aliphatic rings. The van der Waals surface area contributed by atoms with Gasteiger partial charge in [0.1, 0.15) is 0 Å². The van der Waals surface area contributed by atoms with Gasteiger partial charge < -0.3 is 20.7 Å². The minimum atomic E-state index is -0.127. The molecular weight excluding hydrogens is 270 g/mol. The van der Waals surface area contributed by atoms with Crippen molar-refractivity contribution in [1.29, 1.82) is 0 Å². The molecule has 0 atom stereocenters. The van der Waals surface area contributed by atoms with E-state index in [1.165, 1.54) is 0 Å². The van der Waals surface area contributed by atoms with Crippen LogP contribution < -0.4 is 16.0 Å². The van der Waals surface area contributed by atoms with Crippen molar-refractivity contribution in [1.82, 2.24) is 10.6 Å². The Bertz CT molecular complexity index is 475. The predicted molar refractivity (Wildman–Crippen MR) is 82.4 cm³/mol. The molecule has 1 aromatic carbocycles. The molecular formula is C15H23N3O3. The molecule has 0 aliphatic heterocycles. The second kappa shape index (κ2) is 8.97. The fourth-order valence-corrected chi connectivity index (χ4v) is 1.65. The quantitative estimate of drug-likeness (QED) is 0.625. The number of carbonyl (C=O) groups is 2. The van der Waals surface area contributed by atoms with E-state index in [2.05, 4.69) is 16.0 Å². The Hall–Kier alpha value is -2.08. The van der Waals surface area contributed by atoms with Crippen molar-refractivity contribution in [3.8, 4) is 0 Å². The lowest BCUT2D eigenvalue weighted by Crippen LogP contribution is -2.32. The molecule has 21 heavy (non-hydrogen) atoms. The van der Waals surface area contributed by atoms with Gasteiger partial charge in [0, 0.05) is 30.9 Å². The van der Waals surface area contributed by atoms with Crippen LogP contribution in [0.1, 0.15) is 24.2 Å². The first kappa shape index (κ1) is 17.0. The van der Waals surface area contributed by atoms with Crippen molar-refractivity contribution in [2.24, 2.45) is 0 Å². The molecule has 0 aromatic heterocycles. The molecule has 2 amide bonds. The summed E-state index contributed by atoms with van der Waals surface area (Å²) >= 11 is 0. The summed E-state index contributed by atoms with van der Waals surface area (Å²) in [6, 6.07) is 7.14. The van der Waals surface area contributed by atoms with Crippen LogP contribution in [-0.4, -0.2) is 44.7 Å². The predicted octanol–water partition coefficient (Wildman–Crippen LogP) is 0.999. The van der Waals surface area contributed by atoms with Crippen LogP contribution in [0, 0.1) is 0 Å². The average molecular weight is 293 g/mol. The van der Waals surface area contributed by atoms with Crippen LogP contribution in [0.2, 0.25) is 0 Å². The number of amides is 2. The van der Waals surface area contributed by atoms with Crippen LogP contribution in [0.5, 0.6) is 0 Å². The van der Waals surface area contributed by atoms with Gasteiger partial charge in [-0.25, -0.2) is 0 Å². The molecule has 6 heteroatoms. The van der Waals surface area contributed by atoms with Crippen LogP contribution in [0.3, 0.4) is 0 Å². The SMILES string of the molecule is COCCNC(=O)CNc1cccc(C(=O)NC(C)C)c1. The number of benzene rings is 1. The molecule has 0 aliphatic carbocycles. The summed E-state index contributed by atoms with van der Waals surface area (Å²) in [6.07, 6.45) is 0. The Morgan fingerprint density at radius 3 is 2.71 bits per heavy atom. The lowest BCUT2D eigenvalue weighted by molar-refractivity contribution is -0.119. The highest BCUT2D eigenvalue weighted by molar-refractivity contribution is 5.95. The van der Waals surface area contributed by atoms with Gasteiger partial charge in [-0.15, -0.1) is 0 Å². The maximum absolute atomic E-state index is 11.9. The monoisotopic (exact) mass is 293 g/mol. The molecule has 0 fully saturated rings. The van der Waals surface area contributed by atoms with E-state index in [0.29, 0.717) is 18.7 Å². The number of nitrogens with one attached hydrogen (secondary N) is 3. The van der Waals surface area contributed by atoms with E-state index < -0.39 is 0 Å². The molecule has 1 rings (SSSR count). The molecule has 6 nitrogen and oxygen atoms in total. The number of carbonyl (C=O) groups excluding carboxylic acids is 2. The van der Waals surface area contributed by atoms with Crippen LogP contribution in [-0.2, 0) is 9.53 Å². The summed E-state index contributed by atoms with van der Waals surface area (Å²) in [5, 5.41) is 8.52. The summed E-state index contributed by atoms with van der Waals surface area (Å²) in [7, 11) is 1.58. The van der Waals surface area contributed by atoms with Crippen LogP contribution in [0.15, 0.2) is 24.3 Å². The largest absolute Gasteiger partial charge is 0.383 e. The zero-order valence-electron chi connectivity index (χ0n) is 12.7. The number of hydrogen-bond acceptors (Lipinski definition) is 4. The fraction of sp³-hybridized carbons (Fsp3) is 0.467. The van der Waals surface area contributed by atoms with E-state index in [9.17, 15) is 9.59 Å². The molecule has 3 N–H and O–H groups in total. The van der Waals surface area contributed by atoms with Crippen LogP contribution in [0.4, 0.5) is 5.69 Å². The van der Waals surface area contributed by atoms with Gasteiger partial charge in [0.2, 0.25) is 5.91 Å². The van der Waals surface area contributed by atoms with Gasteiger partial charge in [-0.1, -0.05) is 6.07 Å². The highest BCUT2D eigenvalue weighted by Gasteiger charge is 2.07. The minimum absolute atomic E-state index is 0.0840. The van der Waals surface area contributed by atoms with Gasteiger partial charge >= 0.3 is 0 Å². The molecule has 0 spiro atoms. The molecule has 0 radical (unpaired) electrons. The second-order valence-corrected chi connectivity index (χ2v) is 4.91. The summed E-state index contributed by atoms with van der Waals surface area (Å²) < 4.78 is 4.85. The fourth-order valence-electron chi connectivity index (χ4n) is 1.65. The average Bonchev–Trinajstić information content (AvgIpc) is 2.45. The van der Waals surface area contributed by atoms with Gasteiger partial charge in [0.15, 0.2) is 0 Å². The summed E-state index contributed by atoms with van der Waals surface area (Å²) in [5.41, 5.74) is 1.29. The lowest BCUT2D eigenvalue weighted by Gasteiger charge is -2.11. The second-order valence-electron chi connectivity index (χ2n) is 4.91. The summed E-state index contributed by atoms with van der Waals surface area (Å²) in [4.78, 5) is 23.4.